The van der Waals surface area contributed by atoms with Crippen molar-refractivity contribution in [3.05, 3.63) is 77.2 Å². The van der Waals surface area contributed by atoms with Crippen LogP contribution in [0.15, 0.2) is 54.7 Å². The highest BCUT2D eigenvalue weighted by molar-refractivity contribution is 6.04. The van der Waals surface area contributed by atoms with Gasteiger partial charge in [0.15, 0.2) is 0 Å². The van der Waals surface area contributed by atoms with Gasteiger partial charge in [-0.25, -0.2) is 9.37 Å². The Morgan fingerprint density at radius 2 is 1.74 bits per heavy atom. The molecule has 5 rings (SSSR count). The topological polar surface area (TPSA) is 85.8 Å². The predicted molar refractivity (Wildman–Crippen MR) is 151 cm³/mol. The number of piperidine rings is 1. The maximum Gasteiger partial charge on any atom is 0.416 e. The van der Waals surface area contributed by atoms with Gasteiger partial charge in [0.05, 0.1) is 17.0 Å². The first-order chi connectivity index (χ1) is 20.0. The molecule has 0 aliphatic carbocycles. The molecule has 2 aromatic carbocycles. The van der Waals surface area contributed by atoms with Crippen LogP contribution in [0.3, 0.4) is 0 Å². The molecular weight excluding hydrogens is 552 g/mol. The molecule has 11 heteroatoms. The number of halogens is 4. The first-order valence-electron chi connectivity index (χ1n) is 14.0. The molecule has 222 valence electrons. The van der Waals surface area contributed by atoms with Gasteiger partial charge in [-0.15, -0.1) is 0 Å². The van der Waals surface area contributed by atoms with E-state index >= 15 is 4.39 Å². The number of hydrogen-bond donors (Lipinski definition) is 2. The number of aliphatic carboxylic acids is 1. The molecule has 3 aromatic rings. The number of amides is 1. The smallest absolute Gasteiger partial charge is 0.416 e. The Kier molecular flexibility index (Phi) is 8.49. The summed E-state index contributed by atoms with van der Waals surface area (Å²) in [5.74, 6) is -2.42. The largest absolute Gasteiger partial charge is 0.481 e. The molecule has 0 saturated carbocycles. The maximum absolute atomic E-state index is 15.1. The molecule has 2 fully saturated rings. The maximum atomic E-state index is 15.1. The second-order valence-corrected chi connectivity index (χ2v) is 11.0. The molecule has 1 aromatic heterocycles. The number of aromatic nitrogens is 1. The average molecular weight is 585 g/mol. The summed E-state index contributed by atoms with van der Waals surface area (Å²) in [4.78, 5) is 32.8. The van der Waals surface area contributed by atoms with E-state index < -0.39 is 35.4 Å². The van der Waals surface area contributed by atoms with E-state index in [1.165, 1.54) is 30.5 Å². The fourth-order valence-corrected chi connectivity index (χ4v) is 5.69. The molecule has 2 aliphatic heterocycles. The third-order valence-corrected chi connectivity index (χ3v) is 8.23. The van der Waals surface area contributed by atoms with E-state index in [0.29, 0.717) is 55.3 Å². The minimum absolute atomic E-state index is 0.164. The van der Waals surface area contributed by atoms with Crippen LogP contribution >= 0.6 is 0 Å². The van der Waals surface area contributed by atoms with Crippen LogP contribution in [0.2, 0.25) is 0 Å². The Bertz CT molecular complexity index is 1450. The predicted octanol–water partition coefficient (Wildman–Crippen LogP) is 6.44. The quantitative estimate of drug-likeness (QED) is 0.311. The number of pyridine rings is 1. The van der Waals surface area contributed by atoms with E-state index in [2.05, 4.69) is 22.1 Å². The Morgan fingerprint density at radius 1 is 1.02 bits per heavy atom. The lowest BCUT2D eigenvalue weighted by Gasteiger charge is -2.32. The number of alkyl halides is 3. The zero-order valence-electron chi connectivity index (χ0n) is 23.1. The molecular formula is C31H32F4N4O3. The van der Waals surface area contributed by atoms with Gasteiger partial charge in [0, 0.05) is 43.1 Å². The Hall–Kier alpha value is -3.99. The Balaban J connectivity index is 1.35. The number of nitrogens with zero attached hydrogens (tertiary/aromatic N) is 3. The number of likely N-dealkylation sites (tertiary alicyclic amines) is 1. The summed E-state index contributed by atoms with van der Waals surface area (Å²) in [5.41, 5.74) is 1.69. The molecule has 2 saturated heterocycles. The zero-order valence-corrected chi connectivity index (χ0v) is 23.1. The number of carbonyl (C=O) groups excluding carboxylic acids is 1. The minimum Gasteiger partial charge on any atom is -0.481 e. The summed E-state index contributed by atoms with van der Waals surface area (Å²) in [6.07, 6.45) is 0.0883. The molecule has 3 heterocycles. The molecule has 42 heavy (non-hydrogen) atoms. The van der Waals surface area contributed by atoms with Gasteiger partial charge >= 0.3 is 12.1 Å². The molecule has 2 aliphatic rings. The normalized spacial score (nSPS) is 18.3. The van der Waals surface area contributed by atoms with Crippen LogP contribution in [0.1, 0.15) is 54.1 Å². The van der Waals surface area contributed by atoms with Crippen molar-refractivity contribution < 1.29 is 32.3 Å². The van der Waals surface area contributed by atoms with E-state index in [-0.39, 0.29) is 11.4 Å². The SMILES string of the molecule is CC1CCCN1Cc1cc(NC(=O)c2ccc(N3CCC(C(=O)O)CC3)cc2F)ncc1-c1ccc(C(F)(F)F)cc1. The van der Waals surface area contributed by atoms with E-state index in [1.807, 2.05) is 4.90 Å². The van der Waals surface area contributed by atoms with Crippen LogP contribution in [0.25, 0.3) is 11.1 Å². The van der Waals surface area contributed by atoms with Gasteiger partial charge < -0.3 is 15.3 Å². The summed E-state index contributed by atoms with van der Waals surface area (Å²) < 4.78 is 54.4. The molecule has 0 bridgehead atoms. The molecule has 1 atom stereocenters. The lowest BCUT2D eigenvalue weighted by molar-refractivity contribution is -0.142. The minimum atomic E-state index is -4.44. The van der Waals surface area contributed by atoms with Gasteiger partial charge in [-0.2, -0.15) is 13.2 Å². The van der Waals surface area contributed by atoms with Gasteiger partial charge in [-0.1, -0.05) is 12.1 Å². The number of rotatable bonds is 7. The summed E-state index contributed by atoms with van der Waals surface area (Å²) >= 11 is 0. The highest BCUT2D eigenvalue weighted by atomic mass is 19.4. The monoisotopic (exact) mass is 584 g/mol. The Labute approximate surface area is 241 Å². The fraction of sp³-hybridized carbons (Fsp3) is 0.387. The summed E-state index contributed by atoms with van der Waals surface area (Å²) in [7, 11) is 0. The number of hydrogen-bond acceptors (Lipinski definition) is 5. The third-order valence-electron chi connectivity index (χ3n) is 8.23. The molecule has 2 N–H and O–H groups in total. The molecule has 0 spiro atoms. The van der Waals surface area contributed by atoms with E-state index in [1.54, 1.807) is 12.1 Å². The van der Waals surface area contributed by atoms with Gasteiger partial charge in [-0.3, -0.25) is 14.5 Å². The summed E-state index contributed by atoms with van der Waals surface area (Å²) in [6.45, 7) is 4.48. The average Bonchev–Trinajstić information content (AvgIpc) is 3.36. The van der Waals surface area contributed by atoms with Crippen LogP contribution in [0, 0.1) is 11.7 Å². The summed E-state index contributed by atoms with van der Waals surface area (Å²) in [5, 5.41) is 11.9. The lowest BCUT2D eigenvalue weighted by Crippen LogP contribution is -2.36. The van der Waals surface area contributed by atoms with Gasteiger partial charge in [0.25, 0.3) is 5.91 Å². The van der Waals surface area contributed by atoms with E-state index in [0.717, 1.165) is 37.1 Å². The van der Waals surface area contributed by atoms with Crippen molar-refractivity contribution in [3.63, 3.8) is 0 Å². The number of carboxylic acids is 1. The van der Waals surface area contributed by atoms with Gasteiger partial charge in [0.2, 0.25) is 0 Å². The number of carboxylic acid groups (broad SMARTS) is 1. The van der Waals surface area contributed by atoms with Crippen LogP contribution < -0.4 is 10.2 Å². The first-order valence-corrected chi connectivity index (χ1v) is 14.0. The standard InChI is InChI=1S/C31H32F4N4O3/c1-19-3-2-12-39(19)18-22-15-28(36-17-26(22)20-4-6-23(7-5-20)31(33,34)35)37-29(40)25-9-8-24(16-27(25)32)38-13-10-21(11-14-38)30(41)42/h4-9,15-17,19,21H,2-3,10-14,18H2,1H3,(H,41,42)(H,36,37,40). The van der Waals surface area contributed by atoms with E-state index in [4.69, 9.17) is 0 Å². The highest BCUT2D eigenvalue weighted by Crippen LogP contribution is 2.33. The van der Waals surface area contributed by atoms with Crippen molar-refractivity contribution in [2.45, 2.75) is 51.4 Å². The van der Waals surface area contributed by atoms with Crippen molar-refractivity contribution >= 4 is 23.4 Å². The lowest BCUT2D eigenvalue weighted by atomic mass is 9.96. The molecule has 0 radical (unpaired) electrons. The van der Waals surface area contributed by atoms with Crippen LogP contribution in [-0.2, 0) is 17.5 Å². The number of nitrogens with one attached hydrogen (secondary N) is 1. The Morgan fingerprint density at radius 3 is 2.33 bits per heavy atom. The second-order valence-electron chi connectivity index (χ2n) is 11.0. The molecule has 7 nitrogen and oxygen atoms in total. The zero-order chi connectivity index (χ0) is 30.0. The van der Waals surface area contributed by atoms with Crippen molar-refractivity contribution in [1.82, 2.24) is 9.88 Å². The van der Waals surface area contributed by atoms with Gasteiger partial charge in [0.1, 0.15) is 11.6 Å². The van der Waals surface area contributed by atoms with E-state index in [9.17, 15) is 27.9 Å². The van der Waals surface area contributed by atoms with Crippen LogP contribution in [-0.4, -0.2) is 52.5 Å². The van der Waals surface area contributed by atoms with Gasteiger partial charge in [-0.05, 0) is 86.7 Å². The van der Waals surface area contributed by atoms with Crippen molar-refractivity contribution in [2.24, 2.45) is 5.92 Å². The third kappa shape index (κ3) is 6.56. The molecule has 1 amide bonds. The van der Waals surface area contributed by atoms with Crippen molar-refractivity contribution in [2.75, 3.05) is 29.9 Å². The van der Waals surface area contributed by atoms with Crippen molar-refractivity contribution in [1.29, 1.82) is 0 Å². The van der Waals surface area contributed by atoms with Crippen molar-refractivity contribution in [3.8, 4) is 11.1 Å². The van der Waals surface area contributed by atoms with Crippen LogP contribution in [0.4, 0.5) is 29.1 Å². The molecule has 1 unspecified atom stereocenters. The second kappa shape index (κ2) is 12.1. The fourth-order valence-electron chi connectivity index (χ4n) is 5.69. The number of benzene rings is 2. The highest BCUT2D eigenvalue weighted by Gasteiger charge is 2.30. The summed E-state index contributed by atoms with van der Waals surface area (Å²) in [6, 6.07) is 11.2. The van der Waals surface area contributed by atoms with Crippen LogP contribution in [0.5, 0.6) is 0 Å². The number of carbonyl (C=O) groups is 2. The number of anilines is 2. The first kappa shape index (κ1) is 29.5.